The molecule has 2 rings (SSSR count). The summed E-state index contributed by atoms with van der Waals surface area (Å²) < 4.78 is 0. The van der Waals surface area contributed by atoms with Crippen molar-refractivity contribution in [3.63, 3.8) is 0 Å². The second-order valence-electron chi connectivity index (χ2n) is 2.90. The zero-order chi connectivity index (χ0) is 9.97. The van der Waals surface area contributed by atoms with Gasteiger partial charge in [-0.1, -0.05) is 41.9 Å². The Morgan fingerprint density at radius 2 is 1.93 bits per heavy atom. The Morgan fingerprint density at radius 3 is 2.57 bits per heavy atom. The lowest BCUT2D eigenvalue weighted by Gasteiger charge is -2.10. The van der Waals surface area contributed by atoms with Crippen molar-refractivity contribution >= 4 is 17.4 Å². The van der Waals surface area contributed by atoms with Gasteiger partial charge in [0.1, 0.15) is 0 Å². The van der Waals surface area contributed by atoms with Gasteiger partial charge in [0, 0.05) is 6.08 Å². The third-order valence-corrected chi connectivity index (χ3v) is 2.10. The monoisotopic (exact) mass is 206 g/mol. The third-order valence-electron chi connectivity index (χ3n) is 1.91. The molecule has 0 aromatic heterocycles. The fourth-order valence-electron chi connectivity index (χ4n) is 1.26. The molecule has 0 saturated carbocycles. The van der Waals surface area contributed by atoms with Crippen molar-refractivity contribution in [2.45, 2.75) is 6.04 Å². The number of rotatable bonds is 1. The van der Waals surface area contributed by atoms with Gasteiger partial charge in [-0.2, -0.15) is 5.11 Å². The van der Waals surface area contributed by atoms with Crippen molar-refractivity contribution < 1.29 is 4.79 Å². The molecule has 1 unspecified atom stereocenters. The number of azo groups is 1. The van der Waals surface area contributed by atoms with Gasteiger partial charge in [0.2, 0.25) is 0 Å². The molecule has 1 aliphatic heterocycles. The molecule has 4 heteroatoms. The smallest absolute Gasteiger partial charge is 0.189 e. The number of hydrogen-bond donors (Lipinski definition) is 0. The third kappa shape index (κ3) is 1.72. The zero-order valence-corrected chi connectivity index (χ0v) is 7.98. The van der Waals surface area contributed by atoms with Crippen LogP contribution in [0, 0.1) is 0 Å². The van der Waals surface area contributed by atoms with Gasteiger partial charge in [0.25, 0.3) is 0 Å². The van der Waals surface area contributed by atoms with Crippen molar-refractivity contribution in [2.24, 2.45) is 10.2 Å². The molecule has 0 amide bonds. The van der Waals surface area contributed by atoms with Crippen LogP contribution in [0.5, 0.6) is 0 Å². The zero-order valence-electron chi connectivity index (χ0n) is 7.22. The van der Waals surface area contributed by atoms with E-state index in [1.807, 2.05) is 30.3 Å². The summed E-state index contributed by atoms with van der Waals surface area (Å²) in [6.07, 6.45) is 1.30. The Hall–Kier alpha value is -1.48. The SMILES string of the molecule is O=C1C=C(Cl)N=NC1c1ccccc1. The van der Waals surface area contributed by atoms with E-state index in [1.165, 1.54) is 6.08 Å². The first-order valence-corrected chi connectivity index (χ1v) is 4.52. The largest absolute Gasteiger partial charge is 0.292 e. The molecule has 1 aliphatic rings. The first-order chi connectivity index (χ1) is 6.77. The van der Waals surface area contributed by atoms with Gasteiger partial charge in [0.15, 0.2) is 17.0 Å². The molecule has 0 N–H and O–H groups in total. The van der Waals surface area contributed by atoms with Gasteiger partial charge in [-0.05, 0) is 5.56 Å². The first-order valence-electron chi connectivity index (χ1n) is 4.14. The van der Waals surface area contributed by atoms with E-state index in [4.69, 9.17) is 11.6 Å². The van der Waals surface area contributed by atoms with E-state index < -0.39 is 6.04 Å². The molecule has 70 valence electrons. The Bertz CT molecular complexity index is 411. The van der Waals surface area contributed by atoms with E-state index in [0.29, 0.717) is 0 Å². The van der Waals surface area contributed by atoms with Crippen molar-refractivity contribution in [3.05, 3.63) is 47.1 Å². The summed E-state index contributed by atoms with van der Waals surface area (Å²) in [5.74, 6) is -0.129. The summed E-state index contributed by atoms with van der Waals surface area (Å²) in [6, 6.07) is 8.76. The maximum atomic E-state index is 11.5. The molecule has 0 aliphatic carbocycles. The van der Waals surface area contributed by atoms with Crippen molar-refractivity contribution in [2.75, 3.05) is 0 Å². The van der Waals surface area contributed by atoms with Crippen LogP contribution in [0.4, 0.5) is 0 Å². The number of benzene rings is 1. The Kier molecular flexibility index (Phi) is 2.41. The van der Waals surface area contributed by atoms with Gasteiger partial charge in [0.05, 0.1) is 0 Å². The minimum absolute atomic E-state index is 0.129. The summed E-state index contributed by atoms with van der Waals surface area (Å²) in [5, 5.41) is 7.65. The highest BCUT2D eigenvalue weighted by Gasteiger charge is 2.21. The lowest BCUT2D eigenvalue weighted by molar-refractivity contribution is -0.116. The topological polar surface area (TPSA) is 41.8 Å². The Balaban J connectivity index is 2.31. The molecule has 3 nitrogen and oxygen atoms in total. The molecular formula is C10H7ClN2O. The lowest BCUT2D eigenvalue weighted by Crippen LogP contribution is -2.09. The van der Waals surface area contributed by atoms with Crippen LogP contribution < -0.4 is 0 Å². The Labute approximate surface area is 86.1 Å². The second kappa shape index (κ2) is 3.72. The van der Waals surface area contributed by atoms with Gasteiger partial charge < -0.3 is 0 Å². The normalized spacial score (nSPS) is 20.8. The van der Waals surface area contributed by atoms with E-state index in [9.17, 15) is 4.79 Å². The highest BCUT2D eigenvalue weighted by atomic mass is 35.5. The van der Waals surface area contributed by atoms with Crippen molar-refractivity contribution in [1.82, 2.24) is 0 Å². The van der Waals surface area contributed by atoms with Crippen LogP contribution in [0.2, 0.25) is 0 Å². The number of hydrogen-bond acceptors (Lipinski definition) is 3. The van der Waals surface area contributed by atoms with Crippen LogP contribution in [0.1, 0.15) is 11.6 Å². The van der Waals surface area contributed by atoms with E-state index >= 15 is 0 Å². The molecule has 14 heavy (non-hydrogen) atoms. The minimum Gasteiger partial charge on any atom is -0.292 e. The van der Waals surface area contributed by atoms with Gasteiger partial charge >= 0.3 is 0 Å². The van der Waals surface area contributed by atoms with Crippen LogP contribution in [0.25, 0.3) is 0 Å². The molecule has 0 saturated heterocycles. The lowest BCUT2D eigenvalue weighted by atomic mass is 10.0. The average molecular weight is 207 g/mol. The molecule has 1 heterocycles. The molecule has 1 atom stereocenters. The standard InChI is InChI=1S/C10H7ClN2O/c11-9-6-8(14)10(13-12-9)7-4-2-1-3-5-7/h1-6,10H. The second-order valence-corrected chi connectivity index (χ2v) is 3.29. The molecule has 0 spiro atoms. The highest BCUT2D eigenvalue weighted by molar-refractivity contribution is 6.31. The summed E-state index contributed by atoms with van der Waals surface area (Å²) >= 11 is 5.54. The van der Waals surface area contributed by atoms with Crippen molar-refractivity contribution in [1.29, 1.82) is 0 Å². The molecule has 0 radical (unpaired) electrons. The van der Waals surface area contributed by atoms with Gasteiger partial charge in [-0.15, -0.1) is 5.11 Å². The summed E-state index contributed by atoms with van der Waals surface area (Å²) in [6.45, 7) is 0. The first kappa shape index (κ1) is 9.09. The molecule has 1 aromatic carbocycles. The van der Waals surface area contributed by atoms with E-state index in [2.05, 4.69) is 10.2 Å². The van der Waals surface area contributed by atoms with Crippen molar-refractivity contribution in [3.8, 4) is 0 Å². The molecule has 0 bridgehead atoms. The Morgan fingerprint density at radius 1 is 1.21 bits per heavy atom. The summed E-state index contributed by atoms with van der Waals surface area (Å²) in [4.78, 5) is 11.5. The number of nitrogens with zero attached hydrogens (tertiary/aromatic N) is 2. The summed E-state index contributed by atoms with van der Waals surface area (Å²) in [7, 11) is 0. The van der Waals surface area contributed by atoms with Crippen LogP contribution in [-0.2, 0) is 4.79 Å². The number of halogens is 1. The number of carbonyl (C=O) groups excluding carboxylic acids is 1. The van der Waals surface area contributed by atoms with E-state index in [-0.39, 0.29) is 10.9 Å². The van der Waals surface area contributed by atoms with Gasteiger partial charge in [-0.3, -0.25) is 4.79 Å². The average Bonchev–Trinajstić information content (AvgIpc) is 2.19. The van der Waals surface area contributed by atoms with E-state index in [1.54, 1.807) is 0 Å². The van der Waals surface area contributed by atoms with E-state index in [0.717, 1.165) is 5.56 Å². The quantitative estimate of drug-likeness (QED) is 0.652. The maximum Gasteiger partial charge on any atom is 0.189 e. The molecular weight excluding hydrogens is 200 g/mol. The molecule has 0 fully saturated rings. The van der Waals surface area contributed by atoms with Crippen LogP contribution >= 0.6 is 11.6 Å². The maximum absolute atomic E-state index is 11.5. The fourth-order valence-corrected chi connectivity index (χ4v) is 1.41. The van der Waals surface area contributed by atoms with Crippen LogP contribution in [-0.4, -0.2) is 5.78 Å². The predicted molar refractivity (Wildman–Crippen MR) is 53.0 cm³/mol. The van der Waals surface area contributed by atoms with Crippen LogP contribution in [0.3, 0.4) is 0 Å². The summed E-state index contributed by atoms with van der Waals surface area (Å²) in [5.41, 5.74) is 0.835. The highest BCUT2D eigenvalue weighted by Crippen LogP contribution is 2.25. The molecule has 1 aromatic rings. The number of ketones is 1. The predicted octanol–water partition coefficient (Wildman–Crippen LogP) is 2.84. The fraction of sp³-hybridized carbons (Fsp3) is 0.100. The van der Waals surface area contributed by atoms with Gasteiger partial charge in [-0.25, -0.2) is 0 Å². The minimum atomic E-state index is -0.529. The number of carbonyl (C=O) groups is 1. The van der Waals surface area contributed by atoms with Crippen LogP contribution in [0.15, 0.2) is 51.8 Å².